The van der Waals surface area contributed by atoms with Crippen LogP contribution in [-0.2, 0) is 16.1 Å². The zero-order valence-corrected chi connectivity index (χ0v) is 13.5. The molecule has 2 aliphatic rings. The Labute approximate surface area is 140 Å². The second kappa shape index (κ2) is 8.26. The molecule has 0 aliphatic carbocycles. The van der Waals surface area contributed by atoms with Crippen LogP contribution in [0.1, 0.15) is 24.1 Å². The van der Waals surface area contributed by atoms with Crippen molar-refractivity contribution in [3.63, 3.8) is 0 Å². The van der Waals surface area contributed by atoms with E-state index in [1.54, 1.807) is 0 Å². The Kier molecular flexibility index (Phi) is 6.08. The van der Waals surface area contributed by atoms with Crippen molar-refractivity contribution in [3.05, 3.63) is 47.5 Å². The minimum atomic E-state index is -1.26. The van der Waals surface area contributed by atoms with Gasteiger partial charge in [0.25, 0.3) is 0 Å². The van der Waals surface area contributed by atoms with Gasteiger partial charge in [0.05, 0.1) is 13.1 Å². The number of aliphatic imine (C=N–C) groups is 1. The molecule has 0 spiro atoms. The lowest BCUT2D eigenvalue weighted by atomic mass is 10.1. The monoisotopic (exact) mass is 331 g/mol. The van der Waals surface area contributed by atoms with Crippen LogP contribution in [0.25, 0.3) is 0 Å². The van der Waals surface area contributed by atoms with Crippen molar-refractivity contribution in [1.82, 2.24) is 10.2 Å². The zero-order chi connectivity index (χ0) is 17.5. The van der Waals surface area contributed by atoms with E-state index in [9.17, 15) is 9.59 Å². The lowest BCUT2D eigenvalue weighted by Gasteiger charge is -2.21. The molecule has 0 saturated carbocycles. The summed E-state index contributed by atoms with van der Waals surface area (Å²) in [6.45, 7) is 6.23. The normalized spacial score (nSPS) is 19.2. The molecule has 7 heteroatoms. The van der Waals surface area contributed by atoms with Gasteiger partial charge in [0.1, 0.15) is 5.84 Å². The van der Waals surface area contributed by atoms with Gasteiger partial charge in [-0.15, -0.1) is 0 Å². The third-order valence-corrected chi connectivity index (χ3v) is 3.89. The quantitative estimate of drug-likeness (QED) is 0.718. The summed E-state index contributed by atoms with van der Waals surface area (Å²) < 4.78 is 0. The molecule has 0 fully saturated rings. The van der Waals surface area contributed by atoms with E-state index >= 15 is 0 Å². The first-order chi connectivity index (χ1) is 11.5. The molecule has 3 rings (SSSR count). The molecule has 1 aromatic rings. The van der Waals surface area contributed by atoms with Gasteiger partial charge in [0.15, 0.2) is 0 Å². The summed E-state index contributed by atoms with van der Waals surface area (Å²) in [6, 6.07) is 9.24. The highest BCUT2D eigenvalue weighted by atomic mass is 16.4. The molecular formula is C17H21N3O4. The summed E-state index contributed by atoms with van der Waals surface area (Å²) in [7, 11) is 0. The van der Waals surface area contributed by atoms with Gasteiger partial charge in [-0.25, -0.2) is 9.59 Å². The van der Waals surface area contributed by atoms with Gasteiger partial charge in [0.2, 0.25) is 0 Å². The molecule has 0 bridgehead atoms. The standard InChI is InChI=1S/C13H17N3.C4H4O4/c1-10-12-5-3-2-4-11(12)8-16(10)9-13-14-6-7-15-13;5-3(6)1-2-4(7)8/h2-5,10H,6-9H2,1H3,(H,14,15);1-2H,(H,5,6)(H,7,8)/b;2-1-. The summed E-state index contributed by atoms with van der Waals surface area (Å²) in [6.07, 6.45) is 1.12. The maximum atomic E-state index is 9.55. The number of fused-ring (bicyclic) bond motifs is 1. The summed E-state index contributed by atoms with van der Waals surface area (Å²) in [5.74, 6) is -1.36. The Hall–Kier alpha value is -2.67. The van der Waals surface area contributed by atoms with Crippen LogP contribution in [0.5, 0.6) is 0 Å². The van der Waals surface area contributed by atoms with E-state index in [0.29, 0.717) is 18.2 Å². The molecule has 2 aliphatic heterocycles. The van der Waals surface area contributed by atoms with Crippen molar-refractivity contribution in [2.45, 2.75) is 19.5 Å². The van der Waals surface area contributed by atoms with Crippen LogP contribution in [-0.4, -0.2) is 52.5 Å². The first-order valence-electron chi connectivity index (χ1n) is 7.70. The fourth-order valence-corrected chi connectivity index (χ4v) is 2.72. The second-order valence-electron chi connectivity index (χ2n) is 5.54. The Bertz CT molecular complexity index is 654. The molecule has 24 heavy (non-hydrogen) atoms. The van der Waals surface area contributed by atoms with E-state index < -0.39 is 11.9 Å². The number of carbonyl (C=O) groups is 2. The number of nitrogens with one attached hydrogen (secondary N) is 1. The molecule has 128 valence electrons. The maximum absolute atomic E-state index is 9.55. The van der Waals surface area contributed by atoms with Crippen molar-refractivity contribution in [2.24, 2.45) is 4.99 Å². The summed E-state index contributed by atoms with van der Waals surface area (Å²) >= 11 is 0. The highest BCUT2D eigenvalue weighted by molar-refractivity contribution is 5.89. The molecule has 0 saturated heterocycles. The Morgan fingerprint density at radius 3 is 2.50 bits per heavy atom. The number of carboxylic acids is 2. The highest BCUT2D eigenvalue weighted by Gasteiger charge is 2.27. The van der Waals surface area contributed by atoms with E-state index in [-0.39, 0.29) is 0 Å². The van der Waals surface area contributed by atoms with Crippen LogP contribution in [0.3, 0.4) is 0 Å². The average Bonchev–Trinajstić information content (AvgIpc) is 3.16. The van der Waals surface area contributed by atoms with Crippen LogP contribution >= 0.6 is 0 Å². The van der Waals surface area contributed by atoms with Crippen molar-refractivity contribution in [3.8, 4) is 0 Å². The van der Waals surface area contributed by atoms with Gasteiger partial charge in [-0.3, -0.25) is 9.89 Å². The van der Waals surface area contributed by atoms with Crippen LogP contribution < -0.4 is 5.32 Å². The number of amidine groups is 1. The van der Waals surface area contributed by atoms with Crippen molar-refractivity contribution < 1.29 is 19.8 Å². The third-order valence-electron chi connectivity index (χ3n) is 3.89. The maximum Gasteiger partial charge on any atom is 0.328 e. The summed E-state index contributed by atoms with van der Waals surface area (Å²) in [5.41, 5.74) is 2.94. The minimum Gasteiger partial charge on any atom is -0.478 e. The highest BCUT2D eigenvalue weighted by Crippen LogP contribution is 2.32. The number of hydrogen-bond acceptors (Lipinski definition) is 5. The van der Waals surface area contributed by atoms with Crippen LogP contribution in [0.4, 0.5) is 0 Å². The largest absolute Gasteiger partial charge is 0.478 e. The first kappa shape index (κ1) is 17.7. The van der Waals surface area contributed by atoms with Crippen molar-refractivity contribution in [2.75, 3.05) is 19.6 Å². The summed E-state index contributed by atoms with van der Waals surface area (Å²) in [4.78, 5) is 26.0. The van der Waals surface area contributed by atoms with Gasteiger partial charge in [-0.2, -0.15) is 0 Å². The molecule has 2 heterocycles. The lowest BCUT2D eigenvalue weighted by Crippen LogP contribution is -2.33. The molecule has 1 unspecified atom stereocenters. The number of hydrogen-bond donors (Lipinski definition) is 3. The predicted molar refractivity (Wildman–Crippen MR) is 90.0 cm³/mol. The van der Waals surface area contributed by atoms with Crippen molar-refractivity contribution >= 4 is 17.8 Å². The van der Waals surface area contributed by atoms with E-state index in [4.69, 9.17) is 10.2 Å². The number of aliphatic carboxylic acids is 2. The molecular weight excluding hydrogens is 310 g/mol. The smallest absolute Gasteiger partial charge is 0.328 e. The van der Waals surface area contributed by atoms with Gasteiger partial charge in [-0.05, 0) is 18.1 Å². The Morgan fingerprint density at radius 1 is 1.29 bits per heavy atom. The first-order valence-corrected chi connectivity index (χ1v) is 7.70. The predicted octanol–water partition coefficient (Wildman–Crippen LogP) is 1.28. The Balaban J connectivity index is 0.000000224. The molecule has 3 N–H and O–H groups in total. The van der Waals surface area contributed by atoms with E-state index in [1.165, 1.54) is 11.1 Å². The molecule has 1 atom stereocenters. The Morgan fingerprint density at radius 2 is 1.96 bits per heavy atom. The minimum absolute atomic E-state index is 0.515. The number of rotatable bonds is 4. The summed E-state index contributed by atoms with van der Waals surface area (Å²) in [5, 5.41) is 19.0. The molecule has 7 nitrogen and oxygen atoms in total. The van der Waals surface area contributed by atoms with Gasteiger partial charge in [0, 0.05) is 31.3 Å². The molecule has 1 aromatic carbocycles. The van der Waals surface area contributed by atoms with Crippen LogP contribution in [0, 0.1) is 0 Å². The van der Waals surface area contributed by atoms with E-state index in [1.807, 2.05) is 0 Å². The fourth-order valence-electron chi connectivity index (χ4n) is 2.72. The molecule has 0 radical (unpaired) electrons. The average molecular weight is 331 g/mol. The number of benzene rings is 1. The topological polar surface area (TPSA) is 102 Å². The number of nitrogens with zero attached hydrogens (tertiary/aromatic N) is 2. The van der Waals surface area contributed by atoms with Crippen LogP contribution in [0.2, 0.25) is 0 Å². The van der Waals surface area contributed by atoms with Gasteiger partial charge in [-0.1, -0.05) is 24.3 Å². The van der Waals surface area contributed by atoms with Crippen LogP contribution in [0.15, 0.2) is 41.4 Å². The molecule has 0 amide bonds. The SMILES string of the molecule is CC1c2ccccc2CN1CC1=NCCN1.O=C(O)/C=C\C(=O)O. The van der Waals surface area contributed by atoms with E-state index in [0.717, 1.165) is 32.0 Å². The van der Waals surface area contributed by atoms with Gasteiger partial charge < -0.3 is 15.5 Å². The molecule has 0 aromatic heterocycles. The van der Waals surface area contributed by atoms with Gasteiger partial charge >= 0.3 is 11.9 Å². The van der Waals surface area contributed by atoms with E-state index in [2.05, 4.69) is 46.4 Å². The second-order valence-corrected chi connectivity index (χ2v) is 5.54. The lowest BCUT2D eigenvalue weighted by molar-refractivity contribution is -0.134. The third kappa shape index (κ3) is 4.92. The zero-order valence-electron chi connectivity index (χ0n) is 13.5. The van der Waals surface area contributed by atoms with Crippen molar-refractivity contribution in [1.29, 1.82) is 0 Å². The fraction of sp³-hybridized carbons (Fsp3) is 0.353. The number of carboxylic acid groups (broad SMARTS) is 2.